The molecule has 8 aromatic rings. The fraction of sp³-hybridized carbons (Fsp3) is 0.0233. The van der Waals surface area contributed by atoms with E-state index in [0.717, 1.165) is 61.6 Å². The third kappa shape index (κ3) is 3.37. The van der Waals surface area contributed by atoms with E-state index >= 15 is 0 Å². The van der Waals surface area contributed by atoms with Crippen LogP contribution in [0.4, 0.5) is 17.1 Å². The summed E-state index contributed by atoms with van der Waals surface area (Å²) < 4.78 is 13.1. The number of nitrogens with zero attached hydrogens (tertiary/aromatic N) is 1. The Labute approximate surface area is 266 Å². The molecule has 0 bridgehead atoms. The van der Waals surface area contributed by atoms with Gasteiger partial charge in [-0.3, -0.25) is 0 Å². The number of fused-ring (bicyclic) bond motifs is 12. The van der Waals surface area contributed by atoms with Crippen molar-refractivity contribution in [1.82, 2.24) is 0 Å². The van der Waals surface area contributed by atoms with E-state index in [-0.39, 0.29) is 0 Å². The highest BCUT2D eigenvalue weighted by Crippen LogP contribution is 2.63. The van der Waals surface area contributed by atoms with Gasteiger partial charge in [0.1, 0.15) is 22.7 Å². The molecule has 0 saturated carbocycles. The first-order chi connectivity index (χ1) is 22.8. The minimum atomic E-state index is -0.599. The molecule has 0 amide bonds. The highest BCUT2D eigenvalue weighted by Gasteiger charge is 2.51. The van der Waals surface area contributed by atoms with Crippen LogP contribution in [0.1, 0.15) is 22.3 Å². The topological polar surface area (TPSA) is 25.6 Å². The molecule has 0 saturated heterocycles. The van der Waals surface area contributed by atoms with E-state index in [1.54, 1.807) is 0 Å². The SMILES string of the molecule is c1ccc(N(c2ccccc2)c2ccc3c(c2)C2(c4ccccc4Oc4cc5oc6ccccc6c5cc42)c2ccccc2-3)cc1. The van der Waals surface area contributed by atoms with Gasteiger partial charge in [0.25, 0.3) is 0 Å². The van der Waals surface area contributed by atoms with Crippen LogP contribution in [0.25, 0.3) is 33.1 Å². The predicted molar refractivity (Wildman–Crippen MR) is 186 cm³/mol. The van der Waals surface area contributed by atoms with Crippen LogP contribution in [0, 0.1) is 0 Å². The third-order valence-electron chi connectivity index (χ3n) is 9.71. The summed E-state index contributed by atoms with van der Waals surface area (Å²) >= 11 is 0. The lowest BCUT2D eigenvalue weighted by Gasteiger charge is -2.39. The number of para-hydroxylation sites is 4. The molecule has 3 nitrogen and oxygen atoms in total. The average Bonchev–Trinajstić information content (AvgIpc) is 3.62. The monoisotopic (exact) mass is 589 g/mol. The quantitative estimate of drug-likeness (QED) is 0.205. The zero-order valence-electron chi connectivity index (χ0n) is 24.9. The Morgan fingerprint density at radius 2 is 1.04 bits per heavy atom. The van der Waals surface area contributed by atoms with Crippen molar-refractivity contribution in [1.29, 1.82) is 0 Å². The maximum Gasteiger partial charge on any atom is 0.139 e. The van der Waals surface area contributed by atoms with Gasteiger partial charge >= 0.3 is 0 Å². The van der Waals surface area contributed by atoms with E-state index in [1.165, 1.54) is 22.3 Å². The van der Waals surface area contributed by atoms with Crippen LogP contribution in [-0.2, 0) is 5.41 Å². The molecular formula is C43H27NO2. The number of ether oxygens (including phenoxy) is 1. The minimum absolute atomic E-state index is 0.599. The molecule has 7 aromatic carbocycles. The molecule has 2 aliphatic rings. The first-order valence-electron chi connectivity index (χ1n) is 15.7. The molecule has 46 heavy (non-hydrogen) atoms. The Kier molecular flexibility index (Phi) is 5.20. The van der Waals surface area contributed by atoms with Gasteiger partial charge in [-0.05, 0) is 76.9 Å². The van der Waals surface area contributed by atoms with Crippen molar-refractivity contribution >= 4 is 39.0 Å². The van der Waals surface area contributed by atoms with Gasteiger partial charge in [-0.15, -0.1) is 0 Å². The number of anilines is 3. The smallest absolute Gasteiger partial charge is 0.139 e. The van der Waals surface area contributed by atoms with E-state index in [9.17, 15) is 0 Å². The molecule has 216 valence electrons. The number of hydrogen-bond acceptors (Lipinski definition) is 3. The molecule has 10 rings (SSSR count). The van der Waals surface area contributed by atoms with E-state index in [1.807, 2.05) is 12.1 Å². The molecule has 1 unspecified atom stereocenters. The Balaban J connectivity index is 1.32. The van der Waals surface area contributed by atoms with Gasteiger partial charge in [-0.25, -0.2) is 0 Å². The Hall–Kier alpha value is -6.06. The number of furan rings is 1. The summed E-state index contributed by atoms with van der Waals surface area (Å²) in [6.45, 7) is 0. The van der Waals surface area contributed by atoms with Crippen molar-refractivity contribution in [3.05, 3.63) is 186 Å². The lowest BCUT2D eigenvalue weighted by molar-refractivity contribution is 0.436. The lowest BCUT2D eigenvalue weighted by Crippen LogP contribution is -2.32. The van der Waals surface area contributed by atoms with E-state index < -0.39 is 5.41 Å². The molecule has 1 aliphatic carbocycles. The molecule has 1 aromatic heterocycles. The van der Waals surface area contributed by atoms with Gasteiger partial charge in [0.05, 0.1) is 5.41 Å². The van der Waals surface area contributed by atoms with Crippen molar-refractivity contribution in [3.8, 4) is 22.6 Å². The van der Waals surface area contributed by atoms with Crippen LogP contribution >= 0.6 is 0 Å². The van der Waals surface area contributed by atoms with Crippen LogP contribution in [0.5, 0.6) is 11.5 Å². The van der Waals surface area contributed by atoms with E-state index in [4.69, 9.17) is 9.15 Å². The van der Waals surface area contributed by atoms with Crippen molar-refractivity contribution in [3.63, 3.8) is 0 Å². The van der Waals surface area contributed by atoms with Gasteiger partial charge in [0.2, 0.25) is 0 Å². The molecule has 1 atom stereocenters. The summed E-state index contributed by atoms with van der Waals surface area (Å²) in [7, 11) is 0. The zero-order chi connectivity index (χ0) is 30.2. The van der Waals surface area contributed by atoms with Gasteiger partial charge in [-0.1, -0.05) is 103 Å². The summed E-state index contributed by atoms with van der Waals surface area (Å²) in [4.78, 5) is 2.34. The highest BCUT2D eigenvalue weighted by molar-refractivity contribution is 6.06. The van der Waals surface area contributed by atoms with Crippen LogP contribution in [-0.4, -0.2) is 0 Å². The Bertz CT molecular complexity index is 2420. The number of hydrogen-bond donors (Lipinski definition) is 0. The Morgan fingerprint density at radius 3 is 1.85 bits per heavy atom. The predicted octanol–water partition coefficient (Wildman–Crippen LogP) is 11.5. The largest absolute Gasteiger partial charge is 0.457 e. The zero-order valence-corrected chi connectivity index (χ0v) is 24.9. The number of benzene rings is 7. The molecule has 1 aliphatic heterocycles. The van der Waals surface area contributed by atoms with Crippen LogP contribution in [0.3, 0.4) is 0 Å². The fourth-order valence-corrected chi connectivity index (χ4v) is 7.85. The second-order valence-corrected chi connectivity index (χ2v) is 12.1. The lowest BCUT2D eigenvalue weighted by atomic mass is 9.66. The second kappa shape index (κ2) is 9.47. The van der Waals surface area contributed by atoms with Gasteiger partial charge in [0, 0.05) is 45.0 Å². The normalized spacial score (nSPS) is 15.7. The van der Waals surface area contributed by atoms with Gasteiger partial charge in [-0.2, -0.15) is 0 Å². The molecule has 3 heteroatoms. The molecule has 2 heterocycles. The summed E-state index contributed by atoms with van der Waals surface area (Å²) in [5, 5.41) is 2.20. The number of rotatable bonds is 3. The van der Waals surface area contributed by atoms with Crippen LogP contribution in [0.15, 0.2) is 168 Å². The standard InChI is InChI=1S/C43H27NO2/c1-3-13-28(14-4-1)44(29-15-5-2-6-16-29)30-23-24-32-31-17-7-9-19-35(31)43(37(32)25-30)36-20-10-12-22-40(36)46-42-27-41-34(26-38(42)43)33-18-8-11-21-39(33)45-41/h1-27H. The van der Waals surface area contributed by atoms with Crippen molar-refractivity contribution in [2.24, 2.45) is 0 Å². The molecule has 0 N–H and O–H groups in total. The summed E-state index contributed by atoms with van der Waals surface area (Å²) in [5.41, 5.74) is 11.7. The maximum atomic E-state index is 6.74. The van der Waals surface area contributed by atoms with Crippen molar-refractivity contribution in [2.45, 2.75) is 5.41 Å². The molecule has 0 radical (unpaired) electrons. The third-order valence-corrected chi connectivity index (χ3v) is 9.71. The van der Waals surface area contributed by atoms with Crippen LogP contribution < -0.4 is 9.64 Å². The van der Waals surface area contributed by atoms with Crippen LogP contribution in [0.2, 0.25) is 0 Å². The van der Waals surface area contributed by atoms with Crippen molar-refractivity contribution < 1.29 is 9.15 Å². The Morgan fingerprint density at radius 1 is 0.391 bits per heavy atom. The minimum Gasteiger partial charge on any atom is -0.457 e. The highest BCUT2D eigenvalue weighted by atomic mass is 16.5. The summed E-state index contributed by atoms with van der Waals surface area (Å²) in [5.74, 6) is 1.68. The fourth-order valence-electron chi connectivity index (χ4n) is 7.85. The second-order valence-electron chi connectivity index (χ2n) is 12.1. The van der Waals surface area contributed by atoms with E-state index in [0.29, 0.717) is 0 Å². The molecule has 0 fully saturated rings. The molecular weight excluding hydrogens is 562 g/mol. The first kappa shape index (κ1) is 25.3. The maximum absolute atomic E-state index is 6.74. The molecule has 1 spiro atoms. The van der Waals surface area contributed by atoms with Gasteiger partial charge in [0.15, 0.2) is 0 Å². The average molecular weight is 590 g/mol. The van der Waals surface area contributed by atoms with E-state index in [2.05, 4.69) is 157 Å². The summed E-state index contributed by atoms with van der Waals surface area (Å²) in [6.07, 6.45) is 0. The summed E-state index contributed by atoms with van der Waals surface area (Å²) in [6, 6.07) is 58.2. The van der Waals surface area contributed by atoms with Crippen molar-refractivity contribution in [2.75, 3.05) is 4.90 Å². The van der Waals surface area contributed by atoms with Gasteiger partial charge < -0.3 is 14.1 Å². The first-order valence-corrected chi connectivity index (χ1v) is 15.7.